The molecule has 0 radical (unpaired) electrons. The lowest BCUT2D eigenvalue weighted by molar-refractivity contribution is -0.160. The molecule has 5 heteroatoms. The van der Waals surface area contributed by atoms with Crippen LogP contribution in [0.15, 0.2) is 36.4 Å². The number of ether oxygens (including phenoxy) is 1. The van der Waals surface area contributed by atoms with Crippen molar-refractivity contribution < 1.29 is 19.4 Å². The Labute approximate surface area is 215 Å². The monoisotopic (exact) mass is 489 g/mol. The van der Waals surface area contributed by atoms with E-state index in [4.69, 9.17) is 4.74 Å². The second kappa shape index (κ2) is 9.51. The zero-order chi connectivity index (χ0) is 26.4. The predicted molar refractivity (Wildman–Crippen MR) is 143 cm³/mol. The molecule has 0 spiro atoms. The van der Waals surface area contributed by atoms with Gasteiger partial charge in [0, 0.05) is 24.2 Å². The third-order valence-corrected chi connectivity index (χ3v) is 7.50. The summed E-state index contributed by atoms with van der Waals surface area (Å²) in [6.07, 6.45) is 3.97. The van der Waals surface area contributed by atoms with E-state index >= 15 is 0 Å². The number of hydrogen-bond acceptors (Lipinski definition) is 3. The van der Waals surface area contributed by atoms with Gasteiger partial charge in [-0.25, -0.2) is 4.79 Å². The van der Waals surface area contributed by atoms with Crippen LogP contribution >= 0.6 is 0 Å². The molecule has 1 N–H and O–H groups in total. The SMILES string of the molecule is Cc1c2c(c(C)c([C@H](OC(C)(C)C)C(=O)O)c1C1=CCC(C)(C)CC1)C(=O)N(Cc1ccccc1)C2. The fraction of sp³-hybridized carbons (Fsp3) is 0.484. The van der Waals surface area contributed by atoms with Gasteiger partial charge in [0.2, 0.25) is 0 Å². The first-order valence-corrected chi connectivity index (χ1v) is 12.9. The normalized spacial score (nSPS) is 18.1. The number of carboxylic acids is 1. The van der Waals surface area contributed by atoms with Gasteiger partial charge in [0.15, 0.2) is 6.10 Å². The number of carbonyl (C=O) groups excluding carboxylic acids is 1. The molecule has 1 atom stereocenters. The summed E-state index contributed by atoms with van der Waals surface area (Å²) in [6, 6.07) is 9.98. The van der Waals surface area contributed by atoms with Crippen LogP contribution in [-0.4, -0.2) is 27.5 Å². The van der Waals surface area contributed by atoms with Gasteiger partial charge in [-0.1, -0.05) is 50.3 Å². The molecule has 2 aliphatic rings. The van der Waals surface area contributed by atoms with Crippen LogP contribution in [0, 0.1) is 19.3 Å². The smallest absolute Gasteiger partial charge is 0.337 e. The Morgan fingerprint density at radius 1 is 1.11 bits per heavy atom. The Balaban J connectivity index is 1.89. The van der Waals surface area contributed by atoms with Crippen LogP contribution in [-0.2, 0) is 22.6 Å². The van der Waals surface area contributed by atoms with Crippen molar-refractivity contribution in [1.29, 1.82) is 0 Å². The molecule has 2 aromatic rings. The van der Waals surface area contributed by atoms with Crippen LogP contribution in [0.4, 0.5) is 0 Å². The molecule has 0 bridgehead atoms. The highest BCUT2D eigenvalue weighted by Gasteiger charge is 2.39. The van der Waals surface area contributed by atoms with Crippen LogP contribution in [0.3, 0.4) is 0 Å². The molecular weight excluding hydrogens is 450 g/mol. The molecule has 0 saturated carbocycles. The highest BCUT2D eigenvalue weighted by atomic mass is 16.5. The molecular formula is C31H39NO4. The second-order valence-electron chi connectivity index (χ2n) is 12.1. The van der Waals surface area contributed by atoms with Gasteiger partial charge in [-0.15, -0.1) is 0 Å². The number of aliphatic carboxylic acids is 1. The zero-order valence-corrected chi connectivity index (χ0v) is 22.7. The first-order valence-electron chi connectivity index (χ1n) is 12.9. The number of hydrogen-bond donors (Lipinski definition) is 1. The maximum Gasteiger partial charge on any atom is 0.337 e. The number of benzene rings is 2. The fourth-order valence-corrected chi connectivity index (χ4v) is 5.56. The molecule has 1 aliphatic heterocycles. The Morgan fingerprint density at radius 2 is 1.78 bits per heavy atom. The summed E-state index contributed by atoms with van der Waals surface area (Å²) >= 11 is 0. The highest BCUT2D eigenvalue weighted by Crippen LogP contribution is 2.46. The molecule has 0 fully saturated rings. The predicted octanol–water partition coefficient (Wildman–Crippen LogP) is 6.99. The highest BCUT2D eigenvalue weighted by molar-refractivity contribution is 6.02. The number of allylic oxidation sites excluding steroid dienone is 2. The minimum atomic E-state index is -1.16. The van der Waals surface area contributed by atoms with E-state index in [0.717, 1.165) is 47.1 Å². The number of carboxylic acid groups (broad SMARTS) is 1. The van der Waals surface area contributed by atoms with Crippen LogP contribution in [0.2, 0.25) is 0 Å². The van der Waals surface area contributed by atoms with Gasteiger partial charge < -0.3 is 14.7 Å². The summed E-state index contributed by atoms with van der Waals surface area (Å²) < 4.78 is 6.16. The number of amides is 1. The van der Waals surface area contributed by atoms with Crippen molar-refractivity contribution in [2.75, 3.05) is 0 Å². The third-order valence-electron chi connectivity index (χ3n) is 7.50. The van der Waals surface area contributed by atoms with Gasteiger partial charge in [-0.05, 0) is 92.7 Å². The van der Waals surface area contributed by atoms with Gasteiger partial charge in [-0.3, -0.25) is 4.79 Å². The summed E-state index contributed by atoms with van der Waals surface area (Å²) in [5, 5.41) is 10.3. The van der Waals surface area contributed by atoms with Crippen LogP contribution < -0.4 is 0 Å². The lowest BCUT2D eigenvalue weighted by atomic mass is 9.74. The number of nitrogens with zero attached hydrogens (tertiary/aromatic N) is 1. The Bertz CT molecular complexity index is 1220. The molecule has 0 saturated heterocycles. The van der Waals surface area contributed by atoms with Crippen molar-refractivity contribution in [1.82, 2.24) is 4.90 Å². The first kappa shape index (κ1) is 26.2. The van der Waals surface area contributed by atoms with Gasteiger partial charge >= 0.3 is 5.97 Å². The topological polar surface area (TPSA) is 66.8 Å². The summed E-state index contributed by atoms with van der Waals surface area (Å²) in [6.45, 7) is 15.1. The molecule has 4 rings (SSSR count). The van der Waals surface area contributed by atoms with E-state index in [0.29, 0.717) is 24.2 Å². The Hall–Kier alpha value is -2.92. The molecule has 5 nitrogen and oxygen atoms in total. The Morgan fingerprint density at radius 3 is 2.33 bits per heavy atom. The van der Waals surface area contributed by atoms with Crippen molar-refractivity contribution in [3.8, 4) is 0 Å². The van der Waals surface area contributed by atoms with Crippen molar-refractivity contribution in [3.63, 3.8) is 0 Å². The molecule has 0 aromatic heterocycles. The average molecular weight is 490 g/mol. The summed E-state index contributed by atoms with van der Waals surface area (Å²) in [5.41, 5.74) is 6.79. The molecule has 36 heavy (non-hydrogen) atoms. The van der Waals surface area contributed by atoms with E-state index in [-0.39, 0.29) is 11.3 Å². The largest absolute Gasteiger partial charge is 0.479 e. The molecule has 1 amide bonds. The van der Waals surface area contributed by atoms with Crippen LogP contribution in [0.1, 0.15) is 104 Å². The molecule has 1 aliphatic carbocycles. The maximum atomic E-state index is 13.7. The Kier molecular flexibility index (Phi) is 6.91. The molecule has 192 valence electrons. The van der Waals surface area contributed by atoms with E-state index in [1.807, 2.05) is 69.9 Å². The van der Waals surface area contributed by atoms with E-state index in [1.165, 1.54) is 5.57 Å². The molecule has 1 heterocycles. The van der Waals surface area contributed by atoms with Crippen molar-refractivity contribution >= 4 is 17.4 Å². The number of rotatable bonds is 6. The molecule has 0 unspecified atom stereocenters. The van der Waals surface area contributed by atoms with Crippen LogP contribution in [0.25, 0.3) is 5.57 Å². The lowest BCUT2D eigenvalue weighted by Gasteiger charge is -2.33. The van der Waals surface area contributed by atoms with Gasteiger partial charge in [0.25, 0.3) is 5.91 Å². The number of carbonyl (C=O) groups is 2. The van der Waals surface area contributed by atoms with E-state index < -0.39 is 17.7 Å². The zero-order valence-electron chi connectivity index (χ0n) is 22.7. The quantitative estimate of drug-likeness (QED) is 0.475. The van der Waals surface area contributed by atoms with Crippen molar-refractivity contribution in [2.45, 2.75) is 92.5 Å². The van der Waals surface area contributed by atoms with Gasteiger partial charge in [0.1, 0.15) is 0 Å². The molecule has 2 aromatic carbocycles. The average Bonchev–Trinajstić information content (AvgIpc) is 3.11. The number of fused-ring (bicyclic) bond motifs is 1. The maximum absolute atomic E-state index is 13.7. The van der Waals surface area contributed by atoms with E-state index in [1.54, 1.807) is 0 Å². The second-order valence-corrected chi connectivity index (χ2v) is 12.1. The van der Waals surface area contributed by atoms with E-state index in [9.17, 15) is 14.7 Å². The summed E-state index contributed by atoms with van der Waals surface area (Å²) in [7, 11) is 0. The summed E-state index contributed by atoms with van der Waals surface area (Å²) in [4.78, 5) is 28.2. The van der Waals surface area contributed by atoms with E-state index in [2.05, 4.69) is 19.9 Å². The summed E-state index contributed by atoms with van der Waals surface area (Å²) in [5.74, 6) is -1.07. The van der Waals surface area contributed by atoms with Crippen LogP contribution in [0.5, 0.6) is 0 Å². The first-order chi connectivity index (χ1) is 16.8. The fourth-order valence-electron chi connectivity index (χ4n) is 5.56. The van der Waals surface area contributed by atoms with Crippen molar-refractivity contribution in [2.24, 2.45) is 5.41 Å². The minimum absolute atomic E-state index is 0.0408. The standard InChI is InChI=1S/C31H39NO4/c1-19-23-18-32(17-21-11-9-8-10-12-21)28(33)25(23)20(2)26(27(29(34)35)36-30(3,4)5)24(19)22-13-15-31(6,7)16-14-22/h8-13,27H,14-18H2,1-7H3,(H,34,35)/t27-/m0/s1. The third kappa shape index (κ3) is 5.12. The van der Waals surface area contributed by atoms with Gasteiger partial charge in [0.05, 0.1) is 5.60 Å². The van der Waals surface area contributed by atoms with Crippen molar-refractivity contribution in [3.05, 3.63) is 75.4 Å². The lowest BCUT2D eigenvalue weighted by Crippen LogP contribution is -2.29. The minimum Gasteiger partial charge on any atom is -0.479 e. The van der Waals surface area contributed by atoms with Gasteiger partial charge in [-0.2, -0.15) is 0 Å².